The van der Waals surface area contributed by atoms with Crippen molar-refractivity contribution < 1.29 is 29.0 Å². The van der Waals surface area contributed by atoms with Crippen molar-refractivity contribution in [3.63, 3.8) is 0 Å². The van der Waals surface area contributed by atoms with Crippen LogP contribution in [0.25, 0.3) is 0 Å². The number of hydrogen-bond donors (Lipinski definition) is 1. The Morgan fingerprint density at radius 2 is 1.97 bits per heavy atom. The van der Waals surface area contributed by atoms with Crippen LogP contribution in [0.2, 0.25) is 0 Å². The van der Waals surface area contributed by atoms with E-state index in [9.17, 15) is 24.3 Å². The second-order valence-corrected chi connectivity index (χ2v) is 9.87. The van der Waals surface area contributed by atoms with Crippen molar-refractivity contribution in [1.82, 2.24) is 0 Å². The van der Waals surface area contributed by atoms with E-state index < -0.39 is 34.8 Å². The van der Waals surface area contributed by atoms with E-state index in [1.165, 1.54) is 0 Å². The second-order valence-electron chi connectivity index (χ2n) is 9.87. The number of rotatable bonds is 4. The molecule has 3 fully saturated rings. The van der Waals surface area contributed by atoms with Gasteiger partial charge in [0.2, 0.25) is 5.78 Å². The predicted octanol–water partition coefficient (Wildman–Crippen LogP) is 2.73. The molecule has 4 aliphatic carbocycles. The summed E-state index contributed by atoms with van der Waals surface area (Å²) < 4.78 is 5.00. The number of esters is 1. The predicted molar refractivity (Wildman–Crippen MR) is 108 cm³/mol. The number of hydrogen-bond acceptors (Lipinski definition) is 6. The highest BCUT2D eigenvalue weighted by molar-refractivity contribution is 6.02. The Morgan fingerprint density at radius 3 is 2.67 bits per heavy atom. The van der Waals surface area contributed by atoms with Gasteiger partial charge in [0.05, 0.1) is 0 Å². The van der Waals surface area contributed by atoms with Crippen LogP contribution in [0.1, 0.15) is 59.3 Å². The summed E-state index contributed by atoms with van der Waals surface area (Å²) in [6, 6.07) is 0. The molecular weight excluding hydrogens is 384 g/mol. The van der Waals surface area contributed by atoms with Crippen molar-refractivity contribution in [2.45, 2.75) is 64.9 Å². The summed E-state index contributed by atoms with van der Waals surface area (Å²) >= 11 is 0. The highest BCUT2D eigenvalue weighted by Gasteiger charge is 2.68. The van der Waals surface area contributed by atoms with Crippen molar-refractivity contribution in [1.29, 1.82) is 0 Å². The first-order chi connectivity index (χ1) is 14.1. The van der Waals surface area contributed by atoms with E-state index in [0.29, 0.717) is 6.42 Å². The number of ether oxygens (including phenoxy) is 1. The van der Waals surface area contributed by atoms with Gasteiger partial charge in [-0.15, -0.1) is 0 Å². The first-order valence-corrected chi connectivity index (χ1v) is 10.9. The largest absolute Gasteiger partial charge is 0.458 e. The molecule has 0 heterocycles. The van der Waals surface area contributed by atoms with E-state index in [1.807, 2.05) is 19.9 Å². The molecule has 6 atom stereocenters. The normalized spacial score (nSPS) is 42.1. The number of carbonyl (C=O) groups excluding carboxylic acids is 4. The van der Waals surface area contributed by atoms with Crippen molar-refractivity contribution in [2.75, 3.05) is 6.61 Å². The number of allylic oxidation sites excluding steroid dienone is 4. The number of Topliss-reactive ketones (excluding diaryl/α,β-unsaturated/α-hetero) is 2. The monoisotopic (exact) mass is 414 g/mol. The fourth-order valence-electron chi connectivity index (χ4n) is 6.86. The standard InChI is InChI=1S/C24H30O6/c1-4-20(28)30-13-19(27)24(29)10-8-17-16-6-5-14-11-15(25)7-9-22(14,2)21(16)18(26)12-23(17,24)3/h7,9,11,16-17,21,29H,4-6,8,10,12-13H2,1-3H3/t16-,17-,21+,22-,23-,24-/m0/s1. The summed E-state index contributed by atoms with van der Waals surface area (Å²) in [6.07, 6.45) is 7.86. The molecule has 0 saturated heterocycles. The Labute approximate surface area is 176 Å². The highest BCUT2D eigenvalue weighted by atomic mass is 16.5. The van der Waals surface area contributed by atoms with E-state index in [1.54, 1.807) is 19.1 Å². The lowest BCUT2D eigenvalue weighted by atomic mass is 9.46. The minimum atomic E-state index is -1.66. The van der Waals surface area contributed by atoms with Gasteiger partial charge in [0.15, 0.2) is 12.4 Å². The number of carbonyl (C=O) groups is 4. The molecule has 6 heteroatoms. The number of aliphatic hydroxyl groups is 1. The lowest BCUT2D eigenvalue weighted by Crippen LogP contribution is -2.60. The third-order valence-electron chi connectivity index (χ3n) is 8.52. The van der Waals surface area contributed by atoms with Gasteiger partial charge >= 0.3 is 5.97 Å². The maximum atomic E-state index is 13.5. The molecule has 0 aromatic rings. The van der Waals surface area contributed by atoms with Gasteiger partial charge in [-0.25, -0.2) is 0 Å². The molecule has 0 unspecified atom stereocenters. The van der Waals surface area contributed by atoms with E-state index in [4.69, 9.17) is 4.74 Å². The molecule has 1 N–H and O–H groups in total. The minimum Gasteiger partial charge on any atom is -0.458 e. The Bertz CT molecular complexity index is 884. The third-order valence-corrected chi connectivity index (χ3v) is 8.52. The molecule has 0 amide bonds. The summed E-state index contributed by atoms with van der Waals surface area (Å²) in [4.78, 5) is 49.8. The molecule has 4 aliphatic rings. The zero-order valence-corrected chi connectivity index (χ0v) is 17.9. The van der Waals surface area contributed by atoms with Crippen LogP contribution in [0.15, 0.2) is 23.8 Å². The van der Waals surface area contributed by atoms with Crippen LogP contribution < -0.4 is 0 Å². The highest BCUT2D eigenvalue weighted by Crippen LogP contribution is 2.66. The van der Waals surface area contributed by atoms with Gasteiger partial charge in [0, 0.05) is 29.6 Å². The van der Waals surface area contributed by atoms with Crippen molar-refractivity contribution in [3.05, 3.63) is 23.8 Å². The van der Waals surface area contributed by atoms with Gasteiger partial charge in [0.25, 0.3) is 0 Å². The first-order valence-electron chi connectivity index (χ1n) is 10.9. The van der Waals surface area contributed by atoms with Crippen molar-refractivity contribution in [3.8, 4) is 0 Å². The molecule has 6 nitrogen and oxygen atoms in total. The van der Waals surface area contributed by atoms with E-state index in [0.717, 1.165) is 18.4 Å². The Hall–Kier alpha value is -2.08. The van der Waals surface area contributed by atoms with Gasteiger partial charge in [-0.2, -0.15) is 0 Å². The number of ketones is 3. The molecular formula is C24H30O6. The molecule has 4 rings (SSSR count). The van der Waals surface area contributed by atoms with Gasteiger partial charge in [-0.1, -0.05) is 32.4 Å². The lowest BCUT2D eigenvalue weighted by Gasteiger charge is -2.56. The Balaban J connectivity index is 1.64. The molecule has 0 aromatic carbocycles. The van der Waals surface area contributed by atoms with Crippen LogP contribution in [0.3, 0.4) is 0 Å². The zero-order valence-electron chi connectivity index (χ0n) is 17.9. The van der Waals surface area contributed by atoms with Gasteiger partial charge in [0.1, 0.15) is 11.4 Å². The zero-order chi connectivity index (χ0) is 21.9. The van der Waals surface area contributed by atoms with Gasteiger partial charge in [-0.05, 0) is 49.7 Å². The van der Waals surface area contributed by atoms with Crippen molar-refractivity contribution >= 4 is 23.3 Å². The maximum Gasteiger partial charge on any atom is 0.305 e. The molecule has 162 valence electrons. The second kappa shape index (κ2) is 6.98. The molecule has 3 saturated carbocycles. The fourth-order valence-corrected chi connectivity index (χ4v) is 6.86. The van der Waals surface area contributed by atoms with E-state index in [-0.39, 0.29) is 48.6 Å². The van der Waals surface area contributed by atoms with Crippen molar-refractivity contribution in [2.24, 2.45) is 28.6 Å². The topological polar surface area (TPSA) is 97.7 Å². The SMILES string of the molecule is CCC(=O)OCC(=O)[C@@]1(O)CC[C@H]2[C@@H]3CCC4=CC(=O)C=C[C@]4(C)[C@H]3C(=O)C[C@@]21C. The van der Waals surface area contributed by atoms with Crippen LogP contribution in [0.4, 0.5) is 0 Å². The first kappa shape index (κ1) is 21.2. The lowest BCUT2D eigenvalue weighted by molar-refractivity contribution is -0.172. The quantitative estimate of drug-likeness (QED) is 0.711. The van der Waals surface area contributed by atoms with Crippen LogP contribution in [-0.2, 0) is 23.9 Å². The summed E-state index contributed by atoms with van der Waals surface area (Å²) in [5, 5.41) is 11.5. The molecule has 0 spiro atoms. The summed E-state index contributed by atoms with van der Waals surface area (Å²) in [5.74, 6) is -1.14. The summed E-state index contributed by atoms with van der Waals surface area (Å²) in [5.41, 5.74) is -1.99. The minimum absolute atomic E-state index is 0.0282. The fraction of sp³-hybridized carbons (Fsp3) is 0.667. The Morgan fingerprint density at radius 1 is 1.23 bits per heavy atom. The van der Waals surface area contributed by atoms with Crippen LogP contribution >= 0.6 is 0 Å². The van der Waals surface area contributed by atoms with Crippen LogP contribution in [-0.4, -0.2) is 40.6 Å². The molecule has 0 aromatic heterocycles. The Kier molecular flexibility index (Phi) is 4.92. The summed E-state index contributed by atoms with van der Waals surface area (Å²) in [7, 11) is 0. The molecule has 0 bridgehead atoms. The number of fused-ring (bicyclic) bond motifs is 5. The van der Waals surface area contributed by atoms with Gasteiger partial charge < -0.3 is 9.84 Å². The average molecular weight is 414 g/mol. The average Bonchev–Trinajstić information content (AvgIpc) is 2.97. The molecule has 30 heavy (non-hydrogen) atoms. The maximum absolute atomic E-state index is 13.5. The van der Waals surface area contributed by atoms with Gasteiger partial charge in [-0.3, -0.25) is 19.2 Å². The molecule has 0 radical (unpaired) electrons. The summed E-state index contributed by atoms with van der Waals surface area (Å²) in [6.45, 7) is 5.08. The van der Waals surface area contributed by atoms with E-state index >= 15 is 0 Å². The van der Waals surface area contributed by atoms with Crippen LogP contribution in [0, 0.1) is 28.6 Å². The molecule has 0 aliphatic heterocycles. The smallest absolute Gasteiger partial charge is 0.305 e. The van der Waals surface area contributed by atoms with Crippen LogP contribution in [0.5, 0.6) is 0 Å². The third kappa shape index (κ3) is 2.79. The van der Waals surface area contributed by atoms with E-state index in [2.05, 4.69) is 0 Å².